The Morgan fingerprint density at radius 2 is 1.84 bits per heavy atom. The zero-order valence-corrected chi connectivity index (χ0v) is 14.5. The number of hydrogen-bond donors (Lipinski definition) is 1. The van der Waals surface area contributed by atoms with Gasteiger partial charge < -0.3 is 14.9 Å². The van der Waals surface area contributed by atoms with E-state index in [4.69, 9.17) is 0 Å². The number of aliphatic hydroxyl groups is 1. The van der Waals surface area contributed by atoms with E-state index in [0.29, 0.717) is 31.7 Å². The van der Waals surface area contributed by atoms with Crippen LogP contribution >= 0.6 is 0 Å². The Kier molecular flexibility index (Phi) is 5.37. The summed E-state index contributed by atoms with van der Waals surface area (Å²) in [7, 11) is 0. The number of nitrogens with zero attached hydrogens (tertiary/aromatic N) is 2. The van der Waals surface area contributed by atoms with Crippen LogP contribution in [0.2, 0.25) is 0 Å². The first-order valence-corrected chi connectivity index (χ1v) is 8.97. The van der Waals surface area contributed by atoms with Crippen molar-refractivity contribution >= 4 is 11.8 Å². The molecule has 2 fully saturated rings. The quantitative estimate of drug-likeness (QED) is 0.908. The molecule has 0 spiro atoms. The molecule has 2 saturated heterocycles. The van der Waals surface area contributed by atoms with Crippen molar-refractivity contribution in [2.75, 3.05) is 26.2 Å². The van der Waals surface area contributed by atoms with Gasteiger partial charge in [-0.05, 0) is 50.5 Å². The molecule has 3 unspecified atom stereocenters. The normalized spacial score (nSPS) is 25.1. The molecule has 3 atom stereocenters. The molecule has 0 aliphatic carbocycles. The predicted molar refractivity (Wildman–Crippen MR) is 91.4 cm³/mol. The molecule has 0 aromatic heterocycles. The summed E-state index contributed by atoms with van der Waals surface area (Å²) in [5.74, 6) is -0.485. The number of aliphatic hydroxyl groups excluding tert-OH is 1. The van der Waals surface area contributed by atoms with Gasteiger partial charge in [0.1, 0.15) is 5.82 Å². The van der Waals surface area contributed by atoms with Crippen LogP contribution in [0.5, 0.6) is 0 Å². The lowest BCUT2D eigenvalue weighted by molar-refractivity contribution is -0.136. The van der Waals surface area contributed by atoms with Crippen LogP contribution in [0, 0.1) is 17.7 Å². The molecule has 1 aromatic rings. The van der Waals surface area contributed by atoms with Crippen LogP contribution < -0.4 is 0 Å². The Labute approximate surface area is 147 Å². The number of likely N-dealkylation sites (tertiary alicyclic amines) is 2. The van der Waals surface area contributed by atoms with Crippen molar-refractivity contribution in [3.8, 4) is 0 Å². The second kappa shape index (κ2) is 7.52. The van der Waals surface area contributed by atoms with Gasteiger partial charge >= 0.3 is 0 Å². The lowest BCUT2D eigenvalue weighted by Crippen LogP contribution is -2.46. The molecular formula is C19H25FN2O3. The van der Waals surface area contributed by atoms with Crippen molar-refractivity contribution in [1.82, 2.24) is 9.80 Å². The standard InChI is InChI=1S/C19H25FN2O3/c1-13(23)15-8-10-22(11-15)19(25)16-3-2-9-21(12-16)18(24)14-4-6-17(20)7-5-14/h4-7,13,15-16,23H,2-3,8-12H2,1H3. The van der Waals surface area contributed by atoms with Gasteiger partial charge in [0.05, 0.1) is 12.0 Å². The van der Waals surface area contributed by atoms with Gasteiger partial charge in [0, 0.05) is 37.7 Å². The molecule has 2 heterocycles. The van der Waals surface area contributed by atoms with Gasteiger partial charge in [0.25, 0.3) is 5.91 Å². The van der Waals surface area contributed by atoms with Crippen LogP contribution in [-0.2, 0) is 4.79 Å². The Morgan fingerprint density at radius 1 is 1.12 bits per heavy atom. The Balaban J connectivity index is 1.62. The minimum absolute atomic E-state index is 0.0831. The predicted octanol–water partition coefficient (Wildman–Crippen LogP) is 1.91. The molecule has 136 valence electrons. The van der Waals surface area contributed by atoms with Gasteiger partial charge in [-0.3, -0.25) is 9.59 Å². The van der Waals surface area contributed by atoms with Crippen molar-refractivity contribution in [3.05, 3.63) is 35.6 Å². The van der Waals surface area contributed by atoms with Gasteiger partial charge in [-0.2, -0.15) is 0 Å². The number of rotatable bonds is 3. The molecule has 0 bridgehead atoms. The van der Waals surface area contributed by atoms with E-state index in [1.165, 1.54) is 24.3 Å². The monoisotopic (exact) mass is 348 g/mol. The zero-order valence-electron chi connectivity index (χ0n) is 14.5. The molecule has 2 amide bonds. The first kappa shape index (κ1) is 17.9. The van der Waals surface area contributed by atoms with Crippen LogP contribution in [0.15, 0.2) is 24.3 Å². The Hall–Kier alpha value is -1.95. The molecular weight excluding hydrogens is 323 g/mol. The highest BCUT2D eigenvalue weighted by Crippen LogP contribution is 2.25. The third-order valence-corrected chi connectivity index (χ3v) is 5.37. The zero-order chi connectivity index (χ0) is 18.0. The van der Waals surface area contributed by atoms with Crippen molar-refractivity contribution < 1.29 is 19.1 Å². The van der Waals surface area contributed by atoms with E-state index < -0.39 is 6.10 Å². The van der Waals surface area contributed by atoms with Gasteiger partial charge in [0.15, 0.2) is 0 Å². The highest BCUT2D eigenvalue weighted by molar-refractivity contribution is 5.94. The highest BCUT2D eigenvalue weighted by Gasteiger charge is 2.35. The molecule has 6 heteroatoms. The van der Waals surface area contributed by atoms with Crippen molar-refractivity contribution in [1.29, 1.82) is 0 Å². The molecule has 0 saturated carbocycles. The van der Waals surface area contributed by atoms with E-state index in [1.807, 2.05) is 4.90 Å². The van der Waals surface area contributed by atoms with Crippen LogP contribution in [0.25, 0.3) is 0 Å². The number of carbonyl (C=O) groups excluding carboxylic acids is 2. The van der Waals surface area contributed by atoms with E-state index in [9.17, 15) is 19.1 Å². The molecule has 3 rings (SSSR count). The smallest absolute Gasteiger partial charge is 0.253 e. The Morgan fingerprint density at radius 3 is 2.48 bits per heavy atom. The van der Waals surface area contributed by atoms with Gasteiger partial charge in [0.2, 0.25) is 5.91 Å². The number of halogens is 1. The summed E-state index contributed by atoms with van der Waals surface area (Å²) in [6.45, 7) is 4.07. The molecule has 5 nitrogen and oxygen atoms in total. The number of benzene rings is 1. The fourth-order valence-electron chi connectivity index (χ4n) is 3.78. The van der Waals surface area contributed by atoms with E-state index in [1.54, 1.807) is 11.8 Å². The minimum atomic E-state index is -0.402. The van der Waals surface area contributed by atoms with E-state index in [2.05, 4.69) is 0 Å². The van der Waals surface area contributed by atoms with Crippen molar-refractivity contribution in [3.63, 3.8) is 0 Å². The minimum Gasteiger partial charge on any atom is -0.393 e. The second-order valence-corrected chi connectivity index (χ2v) is 7.17. The number of hydrogen-bond acceptors (Lipinski definition) is 3. The Bertz CT molecular complexity index is 632. The maximum atomic E-state index is 13.0. The highest BCUT2D eigenvalue weighted by atomic mass is 19.1. The van der Waals surface area contributed by atoms with Crippen LogP contribution in [0.3, 0.4) is 0 Å². The number of carbonyl (C=O) groups is 2. The maximum Gasteiger partial charge on any atom is 0.253 e. The van der Waals surface area contributed by atoms with E-state index >= 15 is 0 Å². The summed E-state index contributed by atoms with van der Waals surface area (Å²) in [5, 5.41) is 9.70. The third-order valence-electron chi connectivity index (χ3n) is 5.37. The fourth-order valence-corrected chi connectivity index (χ4v) is 3.78. The maximum absolute atomic E-state index is 13.0. The third kappa shape index (κ3) is 4.00. The molecule has 2 aliphatic rings. The van der Waals surface area contributed by atoms with E-state index in [-0.39, 0.29) is 29.5 Å². The van der Waals surface area contributed by atoms with Crippen LogP contribution in [0.4, 0.5) is 4.39 Å². The first-order valence-electron chi connectivity index (χ1n) is 8.97. The molecule has 25 heavy (non-hydrogen) atoms. The summed E-state index contributed by atoms with van der Waals surface area (Å²) in [6.07, 6.45) is 1.99. The van der Waals surface area contributed by atoms with E-state index in [0.717, 1.165) is 19.3 Å². The van der Waals surface area contributed by atoms with Crippen LogP contribution in [0.1, 0.15) is 36.5 Å². The molecule has 0 radical (unpaired) electrons. The SMILES string of the molecule is CC(O)C1CCN(C(=O)C2CCCN(C(=O)c3ccc(F)cc3)C2)C1. The summed E-state index contributed by atoms with van der Waals surface area (Å²) >= 11 is 0. The first-order chi connectivity index (χ1) is 12.0. The fraction of sp³-hybridized carbons (Fsp3) is 0.579. The van der Waals surface area contributed by atoms with Crippen molar-refractivity contribution in [2.45, 2.75) is 32.3 Å². The molecule has 1 aromatic carbocycles. The summed E-state index contributed by atoms with van der Waals surface area (Å²) in [6, 6.07) is 5.52. The largest absolute Gasteiger partial charge is 0.393 e. The average Bonchev–Trinajstić information content (AvgIpc) is 3.12. The van der Waals surface area contributed by atoms with Gasteiger partial charge in [-0.15, -0.1) is 0 Å². The second-order valence-electron chi connectivity index (χ2n) is 7.17. The van der Waals surface area contributed by atoms with Crippen molar-refractivity contribution in [2.24, 2.45) is 11.8 Å². The number of piperidine rings is 1. The molecule has 2 aliphatic heterocycles. The van der Waals surface area contributed by atoms with Gasteiger partial charge in [-0.1, -0.05) is 0 Å². The summed E-state index contributed by atoms with van der Waals surface area (Å²) in [5.41, 5.74) is 0.449. The summed E-state index contributed by atoms with van der Waals surface area (Å²) < 4.78 is 13.0. The lowest BCUT2D eigenvalue weighted by Gasteiger charge is -2.34. The van der Waals surface area contributed by atoms with Crippen LogP contribution in [-0.4, -0.2) is 59.0 Å². The number of amides is 2. The summed E-state index contributed by atoms with van der Waals surface area (Å²) in [4.78, 5) is 28.9. The van der Waals surface area contributed by atoms with Gasteiger partial charge in [-0.25, -0.2) is 4.39 Å². The average molecular weight is 348 g/mol. The topological polar surface area (TPSA) is 60.9 Å². The molecule has 1 N–H and O–H groups in total. The lowest BCUT2D eigenvalue weighted by atomic mass is 9.96.